The van der Waals surface area contributed by atoms with Crippen molar-refractivity contribution in [1.29, 1.82) is 0 Å². The zero-order chi connectivity index (χ0) is 25.5. The lowest BCUT2D eigenvalue weighted by molar-refractivity contribution is 0.0351. The van der Waals surface area contributed by atoms with Crippen molar-refractivity contribution in [3.8, 4) is 11.4 Å². The Balaban J connectivity index is 1.30. The summed E-state index contributed by atoms with van der Waals surface area (Å²) >= 11 is 3.55. The van der Waals surface area contributed by atoms with Crippen molar-refractivity contribution in [3.63, 3.8) is 0 Å². The molecule has 11 heteroatoms. The van der Waals surface area contributed by atoms with E-state index in [0.29, 0.717) is 24.6 Å². The molecule has 5 rings (SSSR count). The Morgan fingerprint density at radius 1 is 1.08 bits per heavy atom. The average molecular weight is 538 g/mol. The minimum atomic E-state index is -0.103. The molecule has 4 heterocycles. The first kappa shape index (κ1) is 25.5. The van der Waals surface area contributed by atoms with E-state index in [1.165, 1.54) is 14.6 Å². The number of rotatable bonds is 10. The second kappa shape index (κ2) is 12.4. The van der Waals surface area contributed by atoms with Gasteiger partial charge in [0.1, 0.15) is 0 Å². The predicted octanol–water partition coefficient (Wildman–Crippen LogP) is 4.39. The third-order valence-electron chi connectivity index (χ3n) is 6.42. The van der Waals surface area contributed by atoms with Crippen LogP contribution in [0.2, 0.25) is 0 Å². The van der Waals surface area contributed by atoms with E-state index < -0.39 is 0 Å². The Labute approximate surface area is 224 Å². The average Bonchev–Trinajstić information content (AvgIpc) is 3.71. The SMILES string of the molecule is Cn1nnc(-c2cccc(NC(=O)N(CCC(c3cccs3)c3cccs3)CCN3CCOCC3)c2)n1. The Bertz CT molecular complexity index is 1220. The predicted molar refractivity (Wildman–Crippen MR) is 147 cm³/mol. The summed E-state index contributed by atoms with van der Waals surface area (Å²) in [6.45, 7) is 5.41. The maximum atomic E-state index is 13.6. The molecule has 0 saturated carbocycles. The van der Waals surface area contributed by atoms with E-state index in [1.807, 2.05) is 29.2 Å². The topological polar surface area (TPSA) is 88.4 Å². The van der Waals surface area contributed by atoms with E-state index in [0.717, 1.165) is 44.8 Å². The number of amides is 2. The molecule has 1 aromatic carbocycles. The minimum Gasteiger partial charge on any atom is -0.379 e. The monoisotopic (exact) mass is 537 g/mol. The highest BCUT2D eigenvalue weighted by molar-refractivity contribution is 7.11. The van der Waals surface area contributed by atoms with Crippen molar-refractivity contribution >= 4 is 34.4 Å². The smallest absolute Gasteiger partial charge is 0.321 e. The molecule has 2 amide bonds. The standard InChI is InChI=1S/C26H31N7O2S2/c1-31-29-25(28-30-31)20-5-2-6-21(19-20)27-26(34)33(12-11-32-13-15-35-16-14-32)10-9-22(23-7-3-17-36-23)24-8-4-18-37-24/h2-8,17-19,22H,9-16H2,1H3,(H,27,34). The van der Waals surface area contributed by atoms with Gasteiger partial charge < -0.3 is 15.0 Å². The van der Waals surface area contributed by atoms with Gasteiger partial charge in [-0.05, 0) is 46.7 Å². The van der Waals surface area contributed by atoms with E-state index in [2.05, 4.69) is 60.7 Å². The number of aromatic nitrogens is 4. The van der Waals surface area contributed by atoms with E-state index in [1.54, 1.807) is 29.7 Å². The maximum Gasteiger partial charge on any atom is 0.321 e. The summed E-state index contributed by atoms with van der Waals surface area (Å²) in [6, 6.07) is 16.1. The van der Waals surface area contributed by atoms with Gasteiger partial charge in [-0.2, -0.15) is 4.80 Å². The highest BCUT2D eigenvalue weighted by atomic mass is 32.1. The quantitative estimate of drug-likeness (QED) is 0.323. The van der Waals surface area contributed by atoms with E-state index in [9.17, 15) is 4.79 Å². The Morgan fingerprint density at radius 2 is 1.84 bits per heavy atom. The maximum absolute atomic E-state index is 13.6. The molecule has 9 nitrogen and oxygen atoms in total. The molecule has 3 aromatic heterocycles. The molecule has 0 spiro atoms. The Hall–Kier alpha value is -3.12. The highest BCUT2D eigenvalue weighted by Gasteiger charge is 2.22. The molecule has 37 heavy (non-hydrogen) atoms. The van der Waals surface area contributed by atoms with Crippen molar-refractivity contribution in [3.05, 3.63) is 69.0 Å². The summed E-state index contributed by atoms with van der Waals surface area (Å²) in [6.07, 6.45) is 0.862. The molecular weight excluding hydrogens is 506 g/mol. The third-order valence-corrected chi connectivity index (χ3v) is 8.39. The zero-order valence-electron chi connectivity index (χ0n) is 20.8. The van der Waals surface area contributed by atoms with Gasteiger partial charge in [-0.1, -0.05) is 24.3 Å². The fourth-order valence-corrected chi connectivity index (χ4v) is 6.26. The van der Waals surface area contributed by atoms with Crippen LogP contribution in [0.25, 0.3) is 11.4 Å². The van der Waals surface area contributed by atoms with Crippen LogP contribution in [0.5, 0.6) is 0 Å². The van der Waals surface area contributed by atoms with E-state index in [4.69, 9.17) is 4.74 Å². The summed E-state index contributed by atoms with van der Waals surface area (Å²) in [5.41, 5.74) is 1.51. The number of urea groups is 1. The van der Waals surface area contributed by atoms with Gasteiger partial charge in [0.25, 0.3) is 0 Å². The number of nitrogens with one attached hydrogen (secondary N) is 1. The number of tetrazole rings is 1. The number of ether oxygens (including phenoxy) is 1. The van der Waals surface area contributed by atoms with E-state index in [-0.39, 0.29) is 11.9 Å². The largest absolute Gasteiger partial charge is 0.379 e. The number of hydrogen-bond donors (Lipinski definition) is 1. The molecule has 1 saturated heterocycles. The molecule has 0 bridgehead atoms. The molecule has 0 radical (unpaired) electrons. The number of thiophene rings is 2. The lowest BCUT2D eigenvalue weighted by Gasteiger charge is -2.31. The van der Waals surface area contributed by atoms with Gasteiger partial charge >= 0.3 is 6.03 Å². The first-order valence-corrected chi connectivity index (χ1v) is 14.2. The van der Waals surface area contributed by atoms with Gasteiger partial charge in [0.05, 0.1) is 20.3 Å². The van der Waals surface area contributed by atoms with E-state index >= 15 is 0 Å². The lowest BCUT2D eigenvalue weighted by atomic mass is 10.0. The molecule has 1 fully saturated rings. The zero-order valence-corrected chi connectivity index (χ0v) is 22.5. The normalized spacial score (nSPS) is 14.2. The van der Waals surface area contributed by atoms with Crippen LogP contribution in [0.1, 0.15) is 22.1 Å². The van der Waals surface area contributed by atoms with Gasteiger partial charge in [0.15, 0.2) is 0 Å². The lowest BCUT2D eigenvalue weighted by Crippen LogP contribution is -2.44. The van der Waals surface area contributed by atoms with Gasteiger partial charge in [-0.25, -0.2) is 4.79 Å². The van der Waals surface area contributed by atoms with Gasteiger partial charge in [-0.3, -0.25) is 4.90 Å². The van der Waals surface area contributed by atoms with Crippen molar-refractivity contribution in [2.75, 3.05) is 51.3 Å². The molecule has 0 atom stereocenters. The van der Waals surface area contributed by atoms with Crippen LogP contribution < -0.4 is 5.32 Å². The summed E-state index contributed by atoms with van der Waals surface area (Å²) in [5, 5.41) is 19.6. The number of benzene rings is 1. The fraction of sp³-hybridized carbons (Fsp3) is 0.385. The molecule has 4 aromatic rings. The van der Waals surface area contributed by atoms with Crippen LogP contribution in [0, 0.1) is 0 Å². The second-order valence-electron chi connectivity index (χ2n) is 8.93. The summed E-state index contributed by atoms with van der Waals surface area (Å²) in [5.74, 6) is 0.808. The highest BCUT2D eigenvalue weighted by Crippen LogP contribution is 2.34. The summed E-state index contributed by atoms with van der Waals surface area (Å²) in [7, 11) is 1.73. The molecule has 0 unspecified atom stereocenters. The van der Waals surface area contributed by atoms with Crippen LogP contribution in [0.4, 0.5) is 10.5 Å². The fourth-order valence-electron chi connectivity index (χ4n) is 4.43. The Kier molecular flexibility index (Phi) is 8.57. The molecule has 194 valence electrons. The van der Waals surface area contributed by atoms with Crippen LogP contribution in [0.15, 0.2) is 59.3 Å². The van der Waals surface area contributed by atoms with Gasteiger partial charge in [0.2, 0.25) is 5.82 Å². The van der Waals surface area contributed by atoms with Gasteiger partial charge in [0, 0.05) is 59.6 Å². The number of carbonyl (C=O) groups excluding carboxylic acids is 1. The summed E-state index contributed by atoms with van der Waals surface area (Å²) in [4.78, 5) is 21.9. The third kappa shape index (κ3) is 6.80. The number of morpholine rings is 1. The first-order valence-electron chi connectivity index (χ1n) is 12.4. The number of carbonyl (C=O) groups is 1. The summed E-state index contributed by atoms with van der Waals surface area (Å²) < 4.78 is 5.50. The van der Waals surface area contributed by atoms with Crippen LogP contribution in [-0.4, -0.2) is 82.0 Å². The molecule has 0 aliphatic carbocycles. The molecule has 1 aliphatic heterocycles. The minimum absolute atomic E-state index is 0.103. The van der Waals surface area contributed by atoms with Crippen molar-refractivity contribution in [1.82, 2.24) is 30.0 Å². The number of aryl methyl sites for hydroxylation is 1. The van der Waals surface area contributed by atoms with Crippen molar-refractivity contribution < 1.29 is 9.53 Å². The number of anilines is 1. The van der Waals surface area contributed by atoms with Crippen molar-refractivity contribution in [2.45, 2.75) is 12.3 Å². The molecule has 1 aliphatic rings. The van der Waals surface area contributed by atoms with Gasteiger partial charge in [-0.15, -0.1) is 32.9 Å². The van der Waals surface area contributed by atoms with Crippen LogP contribution >= 0.6 is 22.7 Å². The Morgan fingerprint density at radius 3 is 2.49 bits per heavy atom. The first-order chi connectivity index (χ1) is 18.2. The number of nitrogens with zero attached hydrogens (tertiary/aromatic N) is 6. The van der Waals surface area contributed by atoms with Crippen LogP contribution in [0.3, 0.4) is 0 Å². The second-order valence-corrected chi connectivity index (χ2v) is 10.9. The van der Waals surface area contributed by atoms with Crippen LogP contribution in [-0.2, 0) is 11.8 Å². The number of hydrogen-bond acceptors (Lipinski definition) is 8. The molecular formula is C26H31N7O2S2. The van der Waals surface area contributed by atoms with Crippen molar-refractivity contribution in [2.24, 2.45) is 7.05 Å². The molecule has 1 N–H and O–H groups in total.